The molecule has 0 saturated carbocycles. The highest BCUT2D eigenvalue weighted by molar-refractivity contribution is 5.95. The number of piperidine rings is 1. The van der Waals surface area contributed by atoms with Gasteiger partial charge in [0.1, 0.15) is 17.6 Å². The maximum Gasteiger partial charge on any atom is 0.326 e. The molecule has 0 radical (unpaired) electrons. The van der Waals surface area contributed by atoms with Crippen LogP contribution in [-0.4, -0.2) is 71.2 Å². The fourth-order valence-corrected chi connectivity index (χ4v) is 4.75. The molecule has 2 heterocycles. The van der Waals surface area contributed by atoms with E-state index in [1.807, 2.05) is 52.0 Å². The van der Waals surface area contributed by atoms with Gasteiger partial charge in [0, 0.05) is 34.7 Å². The van der Waals surface area contributed by atoms with Gasteiger partial charge in [-0.1, -0.05) is 26.8 Å². The number of anilines is 5. The number of carbonyl (C=O) groups excluding carboxylic acids is 1. The van der Waals surface area contributed by atoms with Crippen LogP contribution in [0.2, 0.25) is 0 Å². The fourth-order valence-electron chi connectivity index (χ4n) is 4.75. The second-order valence-electron chi connectivity index (χ2n) is 11.8. The second kappa shape index (κ2) is 13.1. The first-order valence-electron chi connectivity index (χ1n) is 14.1. The highest BCUT2D eigenvalue weighted by Crippen LogP contribution is 2.30. The van der Waals surface area contributed by atoms with Crippen LogP contribution in [0, 0.1) is 12.3 Å². The number of carbonyl (C=O) groups is 2. The Labute approximate surface area is 247 Å². The number of aliphatic carboxylic acids is 1. The number of nitrogens with zero attached hydrogens (tertiary/aromatic N) is 3. The third kappa shape index (κ3) is 7.88. The Kier molecular flexibility index (Phi) is 9.52. The molecule has 0 spiro atoms. The lowest BCUT2D eigenvalue weighted by Crippen LogP contribution is -2.43. The summed E-state index contributed by atoms with van der Waals surface area (Å²) in [4.78, 5) is 36.0. The number of benzene rings is 2. The van der Waals surface area contributed by atoms with Crippen LogP contribution in [0.15, 0.2) is 48.7 Å². The lowest BCUT2D eigenvalue weighted by molar-refractivity contribution is -0.140. The average molecular weight is 576 g/mol. The summed E-state index contributed by atoms with van der Waals surface area (Å²) < 4.78 is 5.58. The number of hydrogen-bond acceptors (Lipinski definition) is 9. The molecule has 5 N–H and O–H groups in total. The smallest absolute Gasteiger partial charge is 0.326 e. The minimum Gasteiger partial charge on any atom is -0.495 e. The Morgan fingerprint density at radius 2 is 1.79 bits per heavy atom. The number of aromatic nitrogens is 2. The minimum absolute atomic E-state index is 0.124. The van der Waals surface area contributed by atoms with Crippen molar-refractivity contribution < 1.29 is 19.4 Å². The third-order valence-electron chi connectivity index (χ3n) is 7.28. The summed E-state index contributed by atoms with van der Waals surface area (Å²) in [6.07, 6.45) is 3.57. The first-order chi connectivity index (χ1) is 19.9. The SMILES string of the molecule is COc1cc(C(=O)NC2CCN(C)CC2)ccc1Nc1ncc(C)c(Nc2cccc(NC(C(=O)O)C(C)(C)C)c2)n1. The van der Waals surface area contributed by atoms with Gasteiger partial charge in [0.2, 0.25) is 5.95 Å². The van der Waals surface area contributed by atoms with Crippen molar-refractivity contribution in [3.05, 3.63) is 59.8 Å². The third-order valence-corrected chi connectivity index (χ3v) is 7.28. The molecule has 3 aromatic rings. The maximum atomic E-state index is 12.9. The van der Waals surface area contributed by atoms with Crippen molar-refractivity contribution in [1.82, 2.24) is 20.2 Å². The largest absolute Gasteiger partial charge is 0.495 e. The van der Waals surface area contributed by atoms with Crippen molar-refractivity contribution in [2.45, 2.75) is 52.6 Å². The standard InChI is InChI=1S/C31H41N7O4/c1-19-18-32-30(37-27(19)34-23-9-7-8-22(17-23)33-26(29(40)41)31(2,3)4)36-24-11-10-20(16-25(24)42-6)28(39)35-21-12-14-38(5)15-13-21/h7-11,16-18,21,26,33H,12-15H2,1-6H3,(H,35,39)(H,40,41)(H2,32,34,36,37). The van der Waals surface area contributed by atoms with Gasteiger partial charge in [-0.3, -0.25) is 4.79 Å². The molecule has 4 rings (SSSR count). The number of nitrogens with one attached hydrogen (secondary N) is 4. The predicted molar refractivity (Wildman–Crippen MR) is 165 cm³/mol. The van der Waals surface area contributed by atoms with Gasteiger partial charge in [0.25, 0.3) is 5.91 Å². The molecule has 1 atom stereocenters. The highest BCUT2D eigenvalue weighted by Gasteiger charge is 2.31. The highest BCUT2D eigenvalue weighted by atomic mass is 16.5. The number of likely N-dealkylation sites (tertiary alicyclic amines) is 1. The second-order valence-corrected chi connectivity index (χ2v) is 11.8. The van der Waals surface area contributed by atoms with Crippen LogP contribution in [0.25, 0.3) is 0 Å². The molecule has 11 heteroatoms. The van der Waals surface area contributed by atoms with Gasteiger partial charge in [0.15, 0.2) is 0 Å². The summed E-state index contributed by atoms with van der Waals surface area (Å²) in [6, 6.07) is 12.0. The topological polar surface area (TPSA) is 141 Å². The van der Waals surface area contributed by atoms with Gasteiger partial charge in [0.05, 0.1) is 12.8 Å². The van der Waals surface area contributed by atoms with Crippen LogP contribution in [0.4, 0.5) is 28.8 Å². The monoisotopic (exact) mass is 575 g/mol. The molecular weight excluding hydrogens is 534 g/mol. The van der Waals surface area contributed by atoms with Crippen LogP contribution in [0.5, 0.6) is 5.75 Å². The molecule has 1 fully saturated rings. The van der Waals surface area contributed by atoms with E-state index in [-0.39, 0.29) is 11.9 Å². The number of rotatable bonds is 10. The van der Waals surface area contributed by atoms with E-state index >= 15 is 0 Å². The van der Waals surface area contributed by atoms with Gasteiger partial charge in [-0.2, -0.15) is 4.98 Å². The zero-order valence-corrected chi connectivity index (χ0v) is 25.1. The summed E-state index contributed by atoms with van der Waals surface area (Å²) >= 11 is 0. The molecular formula is C31H41N7O4. The van der Waals surface area contributed by atoms with E-state index in [0.29, 0.717) is 34.5 Å². The van der Waals surface area contributed by atoms with Crippen LogP contribution in [0.1, 0.15) is 49.5 Å². The first-order valence-corrected chi connectivity index (χ1v) is 14.1. The number of amides is 1. The van der Waals surface area contributed by atoms with Crippen molar-refractivity contribution in [2.75, 3.05) is 43.2 Å². The Morgan fingerprint density at radius 1 is 1.07 bits per heavy atom. The van der Waals surface area contributed by atoms with Gasteiger partial charge in [-0.05, 0) is 81.7 Å². The number of methoxy groups -OCH3 is 1. The van der Waals surface area contributed by atoms with Gasteiger partial charge in [-0.15, -0.1) is 0 Å². The van der Waals surface area contributed by atoms with Crippen LogP contribution in [-0.2, 0) is 4.79 Å². The minimum atomic E-state index is -0.912. The first kappa shape index (κ1) is 30.6. The van der Waals surface area contributed by atoms with Crippen molar-refractivity contribution in [3.63, 3.8) is 0 Å². The predicted octanol–water partition coefficient (Wildman–Crippen LogP) is 5.02. The van der Waals surface area contributed by atoms with Gasteiger partial charge >= 0.3 is 5.97 Å². The molecule has 1 saturated heterocycles. The molecule has 1 aliphatic heterocycles. The Bertz CT molecular complexity index is 1410. The average Bonchev–Trinajstić information content (AvgIpc) is 2.94. The van der Waals surface area contributed by atoms with Crippen LogP contribution in [0.3, 0.4) is 0 Å². The van der Waals surface area contributed by atoms with E-state index in [1.165, 1.54) is 0 Å². The van der Waals surface area contributed by atoms with E-state index in [1.54, 1.807) is 31.5 Å². The van der Waals surface area contributed by atoms with Crippen molar-refractivity contribution in [2.24, 2.45) is 5.41 Å². The quantitative estimate of drug-likeness (QED) is 0.224. The molecule has 1 unspecified atom stereocenters. The summed E-state index contributed by atoms with van der Waals surface area (Å²) in [5, 5.41) is 22.4. The molecule has 0 aliphatic carbocycles. The number of hydrogen-bond donors (Lipinski definition) is 5. The molecule has 2 aromatic carbocycles. The van der Waals surface area contributed by atoms with Crippen molar-refractivity contribution in [3.8, 4) is 5.75 Å². The molecule has 0 bridgehead atoms. The fraction of sp³-hybridized carbons (Fsp3) is 0.419. The summed E-state index contributed by atoms with van der Waals surface area (Å²) in [6.45, 7) is 9.48. The summed E-state index contributed by atoms with van der Waals surface area (Å²) in [7, 11) is 3.64. The zero-order chi connectivity index (χ0) is 30.4. The Morgan fingerprint density at radius 3 is 2.45 bits per heavy atom. The van der Waals surface area contributed by atoms with E-state index < -0.39 is 17.4 Å². The molecule has 11 nitrogen and oxygen atoms in total. The normalized spacial score (nSPS) is 15.0. The molecule has 1 aromatic heterocycles. The number of ether oxygens (including phenoxy) is 1. The molecule has 224 valence electrons. The lowest BCUT2D eigenvalue weighted by atomic mass is 9.86. The van der Waals surface area contributed by atoms with E-state index in [2.05, 4.69) is 43.2 Å². The van der Waals surface area contributed by atoms with Crippen LogP contribution < -0.4 is 26.0 Å². The van der Waals surface area contributed by atoms with Crippen LogP contribution >= 0.6 is 0 Å². The van der Waals surface area contributed by atoms with Gasteiger partial charge in [-0.25, -0.2) is 9.78 Å². The van der Waals surface area contributed by atoms with Crippen molar-refractivity contribution >= 4 is 40.7 Å². The molecule has 1 amide bonds. The van der Waals surface area contributed by atoms with E-state index in [9.17, 15) is 14.7 Å². The van der Waals surface area contributed by atoms with E-state index in [0.717, 1.165) is 37.2 Å². The summed E-state index contributed by atoms with van der Waals surface area (Å²) in [5.41, 5.74) is 2.91. The maximum absolute atomic E-state index is 12.9. The Hall–Kier alpha value is -4.38. The number of aryl methyl sites for hydroxylation is 1. The van der Waals surface area contributed by atoms with Gasteiger partial charge < -0.3 is 36.0 Å². The zero-order valence-electron chi connectivity index (χ0n) is 25.1. The number of carboxylic acid groups (broad SMARTS) is 1. The van der Waals surface area contributed by atoms with E-state index in [4.69, 9.17) is 4.74 Å². The van der Waals surface area contributed by atoms with Crippen molar-refractivity contribution in [1.29, 1.82) is 0 Å². The Balaban J connectivity index is 1.47. The summed E-state index contributed by atoms with van der Waals surface area (Å²) in [5.74, 6) is 0.391. The molecule has 1 aliphatic rings. The molecule has 42 heavy (non-hydrogen) atoms. The lowest BCUT2D eigenvalue weighted by Gasteiger charge is -2.29. The number of carboxylic acids is 1.